The molecule has 0 amide bonds. The van der Waals surface area contributed by atoms with Crippen LogP contribution in [0.2, 0.25) is 0 Å². The van der Waals surface area contributed by atoms with Gasteiger partial charge in [0.1, 0.15) is 5.82 Å². The Bertz CT molecular complexity index is 502. The van der Waals surface area contributed by atoms with Crippen molar-refractivity contribution in [2.24, 2.45) is 5.92 Å². The number of halogens is 3. The number of aryl methyl sites for hydroxylation is 1. The number of rotatable bonds is 2. The van der Waals surface area contributed by atoms with Gasteiger partial charge in [-0.05, 0) is 25.5 Å². The van der Waals surface area contributed by atoms with Crippen molar-refractivity contribution in [2.45, 2.75) is 19.5 Å². The Kier molecular flexibility index (Phi) is 3.38. The Morgan fingerprint density at radius 1 is 1.47 bits per heavy atom. The molecule has 19 heavy (non-hydrogen) atoms. The number of carboxylic acids is 1. The maximum atomic E-state index is 12.6. The molecule has 2 heterocycles. The number of carboxylic acid groups (broad SMARTS) is 1. The number of hydrogen-bond acceptors (Lipinski definition) is 3. The summed E-state index contributed by atoms with van der Waals surface area (Å²) in [5.74, 6) is -2.19. The molecule has 1 aromatic rings. The highest BCUT2D eigenvalue weighted by Gasteiger charge is 2.43. The van der Waals surface area contributed by atoms with Crippen LogP contribution in [-0.2, 0) is 0 Å². The number of aromatic carboxylic acids is 1. The van der Waals surface area contributed by atoms with Crippen molar-refractivity contribution in [1.82, 2.24) is 4.98 Å². The third-order valence-electron chi connectivity index (χ3n) is 3.16. The predicted octanol–water partition coefficient (Wildman–Crippen LogP) is 2.48. The monoisotopic (exact) mass is 274 g/mol. The average Bonchev–Trinajstić information content (AvgIpc) is 2.76. The van der Waals surface area contributed by atoms with Crippen LogP contribution >= 0.6 is 0 Å². The number of nitrogens with zero attached hydrogens (tertiary/aromatic N) is 2. The summed E-state index contributed by atoms with van der Waals surface area (Å²) in [6.45, 7) is 1.69. The summed E-state index contributed by atoms with van der Waals surface area (Å²) < 4.78 is 37.8. The van der Waals surface area contributed by atoms with Gasteiger partial charge in [-0.3, -0.25) is 0 Å². The van der Waals surface area contributed by atoms with Gasteiger partial charge < -0.3 is 10.0 Å². The summed E-state index contributed by atoms with van der Waals surface area (Å²) in [7, 11) is 0. The highest BCUT2D eigenvalue weighted by Crippen LogP contribution is 2.35. The Morgan fingerprint density at radius 3 is 2.68 bits per heavy atom. The minimum Gasteiger partial charge on any atom is -0.478 e. The second-order valence-corrected chi connectivity index (χ2v) is 4.63. The first-order valence-corrected chi connectivity index (χ1v) is 5.81. The van der Waals surface area contributed by atoms with Crippen molar-refractivity contribution in [3.63, 3.8) is 0 Å². The fourth-order valence-corrected chi connectivity index (χ4v) is 2.17. The van der Waals surface area contributed by atoms with Crippen molar-refractivity contribution in [3.05, 3.63) is 23.4 Å². The van der Waals surface area contributed by atoms with Gasteiger partial charge in [0.05, 0.1) is 11.5 Å². The molecule has 1 unspecified atom stereocenters. The summed E-state index contributed by atoms with van der Waals surface area (Å²) in [6.07, 6.45) is -4.20. The molecule has 1 aromatic heterocycles. The van der Waals surface area contributed by atoms with Crippen molar-refractivity contribution in [3.8, 4) is 0 Å². The maximum absolute atomic E-state index is 12.6. The minimum atomic E-state index is -4.21. The molecule has 0 aliphatic carbocycles. The highest BCUT2D eigenvalue weighted by molar-refractivity contribution is 5.88. The number of aromatic nitrogens is 1. The van der Waals surface area contributed by atoms with Crippen LogP contribution < -0.4 is 4.90 Å². The molecule has 2 rings (SSSR count). The van der Waals surface area contributed by atoms with E-state index in [1.54, 1.807) is 6.92 Å². The van der Waals surface area contributed by atoms with Gasteiger partial charge in [0.15, 0.2) is 0 Å². The molecule has 0 spiro atoms. The number of carbonyl (C=O) groups is 1. The van der Waals surface area contributed by atoms with Gasteiger partial charge in [-0.25, -0.2) is 9.78 Å². The Labute approximate surface area is 107 Å². The first kappa shape index (κ1) is 13.6. The van der Waals surface area contributed by atoms with Gasteiger partial charge in [-0.2, -0.15) is 13.2 Å². The van der Waals surface area contributed by atoms with Gasteiger partial charge in [0.25, 0.3) is 0 Å². The van der Waals surface area contributed by atoms with E-state index in [-0.39, 0.29) is 25.1 Å². The van der Waals surface area contributed by atoms with Crippen LogP contribution in [0, 0.1) is 12.8 Å². The number of alkyl halides is 3. The maximum Gasteiger partial charge on any atom is 0.393 e. The Balaban J connectivity index is 2.22. The molecule has 0 bridgehead atoms. The normalized spacial score (nSPS) is 19.8. The lowest BCUT2D eigenvalue weighted by Crippen LogP contribution is -2.28. The Hall–Kier alpha value is -1.79. The van der Waals surface area contributed by atoms with E-state index in [2.05, 4.69) is 4.98 Å². The highest BCUT2D eigenvalue weighted by atomic mass is 19.4. The van der Waals surface area contributed by atoms with E-state index in [0.717, 1.165) is 0 Å². The zero-order valence-corrected chi connectivity index (χ0v) is 10.2. The lowest BCUT2D eigenvalue weighted by Gasteiger charge is -2.19. The second kappa shape index (κ2) is 4.71. The summed E-state index contributed by atoms with van der Waals surface area (Å²) in [4.78, 5) is 16.5. The van der Waals surface area contributed by atoms with Crippen molar-refractivity contribution >= 4 is 11.8 Å². The fraction of sp³-hybridized carbons (Fsp3) is 0.500. The third-order valence-corrected chi connectivity index (χ3v) is 3.16. The summed E-state index contributed by atoms with van der Waals surface area (Å²) in [5.41, 5.74) is 0.517. The van der Waals surface area contributed by atoms with Crippen molar-refractivity contribution in [2.75, 3.05) is 18.0 Å². The third kappa shape index (κ3) is 2.97. The molecular formula is C12H13F3N2O2. The van der Waals surface area contributed by atoms with Crippen LogP contribution in [0.3, 0.4) is 0 Å². The first-order chi connectivity index (χ1) is 8.77. The average molecular weight is 274 g/mol. The molecule has 7 heteroatoms. The summed E-state index contributed by atoms with van der Waals surface area (Å²) >= 11 is 0. The summed E-state index contributed by atoms with van der Waals surface area (Å²) in [6, 6.07) is 2.71. The van der Waals surface area contributed by atoms with E-state index in [1.165, 1.54) is 17.0 Å². The lowest BCUT2D eigenvalue weighted by molar-refractivity contribution is -0.168. The number of anilines is 1. The Morgan fingerprint density at radius 2 is 2.16 bits per heavy atom. The van der Waals surface area contributed by atoms with Gasteiger partial charge in [0.2, 0.25) is 0 Å². The van der Waals surface area contributed by atoms with Crippen LogP contribution in [0.4, 0.5) is 19.0 Å². The van der Waals surface area contributed by atoms with Gasteiger partial charge in [-0.1, -0.05) is 0 Å². The van der Waals surface area contributed by atoms with E-state index in [1.807, 2.05) is 0 Å². The molecule has 1 fully saturated rings. The first-order valence-electron chi connectivity index (χ1n) is 5.81. The van der Waals surface area contributed by atoms with Gasteiger partial charge in [-0.15, -0.1) is 0 Å². The minimum absolute atomic E-state index is 0.0154. The molecular weight excluding hydrogens is 261 g/mol. The van der Waals surface area contributed by atoms with Crippen molar-refractivity contribution < 1.29 is 23.1 Å². The molecule has 0 aromatic carbocycles. The van der Waals surface area contributed by atoms with E-state index >= 15 is 0 Å². The molecule has 1 aliphatic rings. The SMILES string of the molecule is Cc1cc(C(=O)O)cc(N2CCC(C(F)(F)F)C2)n1. The van der Waals surface area contributed by atoms with Crippen LogP contribution in [0.25, 0.3) is 0 Å². The zero-order chi connectivity index (χ0) is 14.2. The predicted molar refractivity (Wildman–Crippen MR) is 62.3 cm³/mol. The van der Waals surface area contributed by atoms with E-state index in [9.17, 15) is 18.0 Å². The second-order valence-electron chi connectivity index (χ2n) is 4.63. The molecule has 4 nitrogen and oxygen atoms in total. The van der Waals surface area contributed by atoms with Crippen LogP contribution in [0.15, 0.2) is 12.1 Å². The fourth-order valence-electron chi connectivity index (χ4n) is 2.17. The van der Waals surface area contributed by atoms with E-state index in [0.29, 0.717) is 11.5 Å². The number of pyridine rings is 1. The zero-order valence-electron chi connectivity index (χ0n) is 10.2. The largest absolute Gasteiger partial charge is 0.478 e. The number of hydrogen-bond donors (Lipinski definition) is 1. The molecule has 1 aliphatic heterocycles. The molecule has 1 N–H and O–H groups in total. The van der Waals surface area contributed by atoms with E-state index in [4.69, 9.17) is 5.11 Å². The smallest absolute Gasteiger partial charge is 0.393 e. The van der Waals surface area contributed by atoms with Gasteiger partial charge in [0, 0.05) is 18.8 Å². The molecule has 104 valence electrons. The lowest BCUT2D eigenvalue weighted by atomic mass is 10.1. The van der Waals surface area contributed by atoms with Crippen LogP contribution in [-0.4, -0.2) is 35.3 Å². The molecule has 0 saturated carbocycles. The van der Waals surface area contributed by atoms with Crippen LogP contribution in [0.5, 0.6) is 0 Å². The standard InChI is InChI=1S/C12H13F3N2O2/c1-7-4-8(11(18)19)5-10(16-7)17-3-2-9(6-17)12(13,14)15/h4-5,9H,2-3,6H2,1H3,(H,18,19). The molecule has 1 saturated heterocycles. The van der Waals surface area contributed by atoms with Crippen LogP contribution in [0.1, 0.15) is 22.5 Å². The van der Waals surface area contributed by atoms with Crippen molar-refractivity contribution in [1.29, 1.82) is 0 Å². The van der Waals surface area contributed by atoms with Gasteiger partial charge >= 0.3 is 12.1 Å². The summed E-state index contributed by atoms with van der Waals surface area (Å²) in [5, 5.41) is 8.93. The quantitative estimate of drug-likeness (QED) is 0.900. The topological polar surface area (TPSA) is 53.4 Å². The molecule has 0 radical (unpaired) electrons. The van der Waals surface area contributed by atoms with E-state index < -0.39 is 18.1 Å². The molecule has 1 atom stereocenters.